The van der Waals surface area contributed by atoms with Gasteiger partial charge in [-0.25, -0.2) is 4.90 Å². The maximum Gasteiger partial charge on any atom is 0.283 e. The van der Waals surface area contributed by atoms with Gasteiger partial charge in [-0.2, -0.15) is 0 Å². The molecule has 0 unspecified atom stereocenters. The van der Waals surface area contributed by atoms with Crippen molar-refractivity contribution >= 4 is 46.4 Å². The quantitative estimate of drug-likeness (QED) is 0.507. The number of benzene rings is 3. The Morgan fingerprint density at radius 1 is 0.818 bits per heavy atom. The van der Waals surface area contributed by atoms with Crippen LogP contribution in [0.2, 0.25) is 0 Å². The second kappa shape index (κ2) is 8.92. The zero-order chi connectivity index (χ0) is 23.7. The van der Waals surface area contributed by atoms with E-state index in [1.165, 1.54) is 0 Å². The van der Waals surface area contributed by atoms with Crippen LogP contribution in [0.4, 0.5) is 17.1 Å². The van der Waals surface area contributed by atoms with Crippen LogP contribution in [0.3, 0.4) is 0 Å². The van der Waals surface area contributed by atoms with E-state index in [1.807, 2.05) is 51.1 Å². The van der Waals surface area contributed by atoms with E-state index in [0.29, 0.717) is 16.9 Å². The molecule has 2 N–H and O–H groups in total. The third-order valence-electron chi connectivity index (χ3n) is 5.28. The SMILES string of the molecule is Cc1cc(C)cc(NC(=O)c2ccc(NC3=C(Cl)C(=O)N(c4ccccc4C)C3=O)cc2)c1. The van der Waals surface area contributed by atoms with Gasteiger partial charge in [0.2, 0.25) is 0 Å². The smallest absolute Gasteiger partial charge is 0.283 e. The van der Waals surface area contributed by atoms with E-state index in [9.17, 15) is 14.4 Å². The third-order valence-corrected chi connectivity index (χ3v) is 5.63. The molecular weight excluding hydrogens is 438 g/mol. The first-order valence-corrected chi connectivity index (χ1v) is 10.7. The number of carbonyl (C=O) groups excluding carboxylic acids is 3. The van der Waals surface area contributed by atoms with Crippen LogP contribution in [0.5, 0.6) is 0 Å². The predicted octanol–water partition coefficient (Wildman–Crippen LogP) is 5.30. The van der Waals surface area contributed by atoms with Crippen LogP contribution in [0, 0.1) is 20.8 Å². The van der Waals surface area contributed by atoms with E-state index in [1.54, 1.807) is 36.4 Å². The standard InChI is InChI=1S/C26H22ClN3O3/c1-15-12-16(2)14-20(13-15)29-24(31)18-8-10-19(11-9-18)28-23-22(27)25(32)30(26(23)33)21-7-5-4-6-17(21)3/h4-14,28H,1-3H3,(H,29,31). The summed E-state index contributed by atoms with van der Waals surface area (Å²) in [4.78, 5) is 39.3. The van der Waals surface area contributed by atoms with Crippen molar-refractivity contribution in [1.29, 1.82) is 0 Å². The second-order valence-electron chi connectivity index (χ2n) is 7.95. The lowest BCUT2D eigenvalue weighted by atomic mass is 10.1. The van der Waals surface area contributed by atoms with Crippen LogP contribution in [0.25, 0.3) is 0 Å². The number of imide groups is 1. The number of para-hydroxylation sites is 1. The first-order chi connectivity index (χ1) is 15.7. The lowest BCUT2D eigenvalue weighted by Crippen LogP contribution is -2.32. The Kier molecular flexibility index (Phi) is 6.03. The summed E-state index contributed by atoms with van der Waals surface area (Å²) in [6, 6.07) is 19.5. The molecule has 166 valence electrons. The highest BCUT2D eigenvalue weighted by molar-refractivity contribution is 6.53. The molecule has 3 aromatic carbocycles. The van der Waals surface area contributed by atoms with Gasteiger partial charge in [0, 0.05) is 16.9 Å². The summed E-state index contributed by atoms with van der Waals surface area (Å²) in [7, 11) is 0. The summed E-state index contributed by atoms with van der Waals surface area (Å²) in [5.74, 6) is -1.36. The second-order valence-corrected chi connectivity index (χ2v) is 8.33. The summed E-state index contributed by atoms with van der Waals surface area (Å²) in [5, 5.41) is 5.63. The zero-order valence-corrected chi connectivity index (χ0v) is 19.2. The van der Waals surface area contributed by atoms with Crippen molar-refractivity contribution in [2.75, 3.05) is 15.5 Å². The first kappa shape index (κ1) is 22.3. The van der Waals surface area contributed by atoms with Crippen LogP contribution in [0.1, 0.15) is 27.0 Å². The van der Waals surface area contributed by atoms with Crippen LogP contribution in [0.15, 0.2) is 77.5 Å². The summed E-state index contributed by atoms with van der Waals surface area (Å²) in [6.45, 7) is 5.76. The van der Waals surface area contributed by atoms with Gasteiger partial charge in [-0.1, -0.05) is 35.9 Å². The fourth-order valence-electron chi connectivity index (χ4n) is 3.74. The van der Waals surface area contributed by atoms with Crippen LogP contribution >= 0.6 is 11.6 Å². The molecule has 4 rings (SSSR count). The number of hydrogen-bond donors (Lipinski definition) is 2. The molecule has 1 aliphatic rings. The Balaban J connectivity index is 1.49. The van der Waals surface area contributed by atoms with Crippen LogP contribution < -0.4 is 15.5 Å². The molecule has 33 heavy (non-hydrogen) atoms. The monoisotopic (exact) mass is 459 g/mol. The van der Waals surface area contributed by atoms with E-state index in [4.69, 9.17) is 11.6 Å². The van der Waals surface area contributed by atoms with Gasteiger partial charge in [0.15, 0.2) is 0 Å². The third kappa shape index (κ3) is 4.52. The summed E-state index contributed by atoms with van der Waals surface area (Å²) >= 11 is 6.21. The Hall–Kier alpha value is -3.90. The summed E-state index contributed by atoms with van der Waals surface area (Å²) in [6.07, 6.45) is 0. The molecule has 0 radical (unpaired) electrons. The van der Waals surface area contributed by atoms with Crippen molar-refractivity contribution in [1.82, 2.24) is 0 Å². The van der Waals surface area contributed by atoms with Gasteiger partial charge in [-0.3, -0.25) is 14.4 Å². The molecule has 1 aliphatic heterocycles. The van der Waals surface area contributed by atoms with E-state index in [-0.39, 0.29) is 16.6 Å². The largest absolute Gasteiger partial charge is 0.350 e. The zero-order valence-electron chi connectivity index (χ0n) is 18.4. The lowest BCUT2D eigenvalue weighted by Gasteiger charge is -2.17. The molecule has 3 aromatic rings. The van der Waals surface area contributed by atoms with Crippen molar-refractivity contribution < 1.29 is 14.4 Å². The van der Waals surface area contributed by atoms with E-state index in [2.05, 4.69) is 10.6 Å². The van der Waals surface area contributed by atoms with Crippen LogP contribution in [-0.2, 0) is 9.59 Å². The molecule has 3 amide bonds. The van der Waals surface area contributed by atoms with Crippen molar-refractivity contribution in [3.8, 4) is 0 Å². The number of amides is 3. The topological polar surface area (TPSA) is 78.5 Å². The molecule has 0 aromatic heterocycles. The molecule has 7 heteroatoms. The minimum atomic E-state index is -0.581. The highest BCUT2D eigenvalue weighted by Gasteiger charge is 2.39. The molecule has 0 bridgehead atoms. The molecule has 6 nitrogen and oxygen atoms in total. The van der Waals surface area contributed by atoms with E-state index in [0.717, 1.165) is 27.3 Å². The minimum absolute atomic E-state index is 0.00245. The van der Waals surface area contributed by atoms with Crippen LogP contribution in [-0.4, -0.2) is 17.7 Å². The Labute approximate surface area is 196 Å². The molecule has 0 saturated carbocycles. The lowest BCUT2D eigenvalue weighted by molar-refractivity contribution is -0.120. The van der Waals surface area contributed by atoms with Gasteiger partial charge < -0.3 is 10.6 Å². The minimum Gasteiger partial charge on any atom is -0.350 e. The summed E-state index contributed by atoms with van der Waals surface area (Å²) < 4.78 is 0. The molecule has 0 aliphatic carbocycles. The molecule has 1 heterocycles. The molecule has 0 atom stereocenters. The van der Waals surface area contributed by atoms with Crippen molar-refractivity contribution in [2.45, 2.75) is 20.8 Å². The Morgan fingerprint density at radius 2 is 1.45 bits per heavy atom. The van der Waals surface area contributed by atoms with Gasteiger partial charge in [0.05, 0.1) is 5.69 Å². The number of rotatable bonds is 5. The Morgan fingerprint density at radius 3 is 2.09 bits per heavy atom. The molecule has 0 saturated heterocycles. The number of anilines is 3. The van der Waals surface area contributed by atoms with Crippen molar-refractivity contribution in [3.63, 3.8) is 0 Å². The maximum absolute atomic E-state index is 13.0. The predicted molar refractivity (Wildman–Crippen MR) is 130 cm³/mol. The highest BCUT2D eigenvalue weighted by Crippen LogP contribution is 2.31. The Bertz CT molecular complexity index is 1290. The number of nitrogens with one attached hydrogen (secondary N) is 2. The average Bonchev–Trinajstić information content (AvgIpc) is 2.97. The van der Waals surface area contributed by atoms with Gasteiger partial charge in [0.25, 0.3) is 17.7 Å². The fraction of sp³-hybridized carbons (Fsp3) is 0.115. The fourth-order valence-corrected chi connectivity index (χ4v) is 3.96. The molecular formula is C26H22ClN3O3. The maximum atomic E-state index is 13.0. The van der Waals surface area contributed by atoms with E-state index < -0.39 is 11.8 Å². The number of hydrogen-bond acceptors (Lipinski definition) is 4. The van der Waals surface area contributed by atoms with Gasteiger partial charge in [-0.15, -0.1) is 0 Å². The normalized spacial score (nSPS) is 13.5. The number of aryl methyl sites for hydroxylation is 3. The number of nitrogens with zero attached hydrogens (tertiary/aromatic N) is 1. The highest BCUT2D eigenvalue weighted by atomic mass is 35.5. The average molecular weight is 460 g/mol. The molecule has 0 spiro atoms. The van der Waals surface area contributed by atoms with Gasteiger partial charge >= 0.3 is 0 Å². The van der Waals surface area contributed by atoms with E-state index >= 15 is 0 Å². The first-order valence-electron chi connectivity index (χ1n) is 10.4. The van der Waals surface area contributed by atoms with Crippen molar-refractivity contribution in [2.24, 2.45) is 0 Å². The summed E-state index contributed by atoms with van der Waals surface area (Å²) in [5.41, 5.74) is 5.09. The number of halogens is 1. The van der Waals surface area contributed by atoms with Crippen molar-refractivity contribution in [3.05, 3.63) is 99.7 Å². The molecule has 0 fully saturated rings. The van der Waals surface area contributed by atoms with Gasteiger partial charge in [-0.05, 0) is 79.9 Å². The van der Waals surface area contributed by atoms with Gasteiger partial charge in [0.1, 0.15) is 10.7 Å². The number of carbonyl (C=O) groups is 3.